The third-order valence-corrected chi connectivity index (χ3v) is 10.6. The van der Waals surface area contributed by atoms with Crippen molar-refractivity contribution in [3.05, 3.63) is 131 Å². The van der Waals surface area contributed by atoms with Gasteiger partial charge in [-0.1, -0.05) is 105 Å². The van der Waals surface area contributed by atoms with Crippen LogP contribution in [0.3, 0.4) is 0 Å². The number of Topliss-reactive ketones (excluding diaryl/α,β-unsaturated/α-hetero) is 2. The molecule has 11 nitrogen and oxygen atoms in total. The zero-order valence-electron chi connectivity index (χ0n) is 30.8. The zero-order chi connectivity index (χ0) is 38.3. The van der Waals surface area contributed by atoms with Gasteiger partial charge in [0.1, 0.15) is 17.2 Å². The van der Waals surface area contributed by atoms with Crippen molar-refractivity contribution in [2.45, 2.75) is 81.7 Å². The van der Waals surface area contributed by atoms with E-state index in [1.165, 1.54) is 0 Å². The molecule has 3 aromatic rings. The van der Waals surface area contributed by atoms with E-state index >= 15 is 4.79 Å². The first kappa shape index (κ1) is 38.5. The molecule has 6 rings (SSSR count). The van der Waals surface area contributed by atoms with E-state index in [0.29, 0.717) is 19.6 Å². The van der Waals surface area contributed by atoms with Crippen LogP contribution in [0.15, 0.2) is 115 Å². The molecule has 0 aliphatic carbocycles. The molecule has 1 saturated heterocycles. The predicted octanol–water partition coefficient (Wildman–Crippen LogP) is 4.09. The third kappa shape index (κ3) is 8.58. The van der Waals surface area contributed by atoms with E-state index in [-0.39, 0.29) is 66.8 Å². The number of rotatable bonds is 16. The molecule has 0 aromatic heterocycles. The maximum Gasteiger partial charge on any atom is 0.407 e. The van der Waals surface area contributed by atoms with Crippen molar-refractivity contribution in [3.8, 4) is 0 Å². The van der Waals surface area contributed by atoms with Crippen molar-refractivity contribution in [3.63, 3.8) is 0 Å². The fourth-order valence-electron chi connectivity index (χ4n) is 7.93. The van der Waals surface area contributed by atoms with Gasteiger partial charge >= 0.3 is 6.09 Å². The first-order chi connectivity index (χ1) is 26.0. The molecule has 6 atom stereocenters. The zero-order valence-corrected chi connectivity index (χ0v) is 30.8. The Labute approximate surface area is 316 Å². The Balaban J connectivity index is 1.31. The van der Waals surface area contributed by atoms with Crippen LogP contribution in [0.4, 0.5) is 4.79 Å². The summed E-state index contributed by atoms with van der Waals surface area (Å²) in [6.07, 6.45) is 2.29. The molecule has 0 spiro atoms. The standard InChI is InChI=1S/C43H50N4O7/c1-28(2)22-43(38(49)34(25-46-43)33(40(44)51)20-29-12-6-3-7-13-29)35-26-45-42(39(35)50,23-31-16-10-5-11-17-31)24-37(48)36(21-30-14-8-4-9-15-30)47-41(52)54-32-18-19-53-27-32/h3-17,25-26,28,32-33,36-37,45-46,48H,18-24,27H2,1-2H3,(H2,44,51)(H,47,52)/t32-,33+,36-,37-,42-,43-/m0/s1. The first-order valence-corrected chi connectivity index (χ1v) is 18.7. The molecule has 11 heteroatoms. The lowest BCUT2D eigenvalue weighted by Crippen LogP contribution is -2.57. The molecule has 1 fully saturated rings. The number of carbonyl (C=O) groups excluding carboxylic acids is 4. The number of nitrogens with two attached hydrogens (primary N) is 1. The van der Waals surface area contributed by atoms with Crippen molar-refractivity contribution in [2.75, 3.05) is 13.2 Å². The molecule has 3 heterocycles. The van der Waals surface area contributed by atoms with E-state index in [1.54, 1.807) is 12.4 Å². The molecule has 0 saturated carbocycles. The van der Waals surface area contributed by atoms with Crippen LogP contribution >= 0.6 is 0 Å². The summed E-state index contributed by atoms with van der Waals surface area (Å²) in [5.74, 6) is -2.32. The van der Waals surface area contributed by atoms with Gasteiger partial charge in [-0.25, -0.2) is 4.79 Å². The predicted molar refractivity (Wildman–Crippen MR) is 204 cm³/mol. The summed E-state index contributed by atoms with van der Waals surface area (Å²) in [6.45, 7) is 4.74. The van der Waals surface area contributed by atoms with Gasteiger partial charge < -0.3 is 36.3 Å². The lowest BCUT2D eigenvalue weighted by molar-refractivity contribution is -0.127. The maximum atomic E-state index is 15.1. The molecule has 2 amide bonds. The molecule has 6 N–H and O–H groups in total. The number of primary amides is 1. The summed E-state index contributed by atoms with van der Waals surface area (Å²) in [6, 6.07) is 27.5. The maximum absolute atomic E-state index is 15.1. The normalized spacial score (nSPS) is 23.9. The van der Waals surface area contributed by atoms with Crippen LogP contribution in [0.2, 0.25) is 0 Å². The average Bonchev–Trinajstić information content (AvgIpc) is 3.86. The van der Waals surface area contributed by atoms with Crippen molar-refractivity contribution in [1.29, 1.82) is 0 Å². The monoisotopic (exact) mass is 734 g/mol. The van der Waals surface area contributed by atoms with Gasteiger partial charge in [0.2, 0.25) is 5.91 Å². The largest absolute Gasteiger partial charge is 0.444 e. The van der Waals surface area contributed by atoms with Gasteiger partial charge in [-0.15, -0.1) is 0 Å². The summed E-state index contributed by atoms with van der Waals surface area (Å²) in [4.78, 5) is 55.9. The minimum atomic E-state index is -1.48. The Morgan fingerprint density at radius 2 is 1.48 bits per heavy atom. The second-order valence-corrected chi connectivity index (χ2v) is 15.1. The molecule has 0 unspecified atom stereocenters. The number of ether oxygens (including phenoxy) is 2. The number of hydrogen-bond donors (Lipinski definition) is 5. The Hall–Kier alpha value is -5.26. The second-order valence-electron chi connectivity index (χ2n) is 15.1. The Kier molecular flexibility index (Phi) is 12.0. The van der Waals surface area contributed by atoms with Crippen molar-refractivity contribution >= 4 is 23.6 Å². The Morgan fingerprint density at radius 1 is 0.870 bits per heavy atom. The van der Waals surface area contributed by atoms with Crippen LogP contribution in [0.25, 0.3) is 0 Å². The van der Waals surface area contributed by atoms with Gasteiger partial charge in [-0.2, -0.15) is 0 Å². The fraction of sp³-hybridized carbons (Fsp3) is 0.395. The van der Waals surface area contributed by atoms with Crippen molar-refractivity contribution in [2.24, 2.45) is 17.6 Å². The van der Waals surface area contributed by atoms with E-state index in [9.17, 15) is 19.5 Å². The highest BCUT2D eigenvalue weighted by atomic mass is 16.6. The average molecular weight is 735 g/mol. The van der Waals surface area contributed by atoms with Gasteiger partial charge in [0.05, 0.1) is 31.3 Å². The summed E-state index contributed by atoms with van der Waals surface area (Å²) in [5, 5.41) is 21.6. The number of aliphatic hydroxyl groups is 1. The number of ketones is 2. The highest BCUT2D eigenvalue weighted by molar-refractivity contribution is 6.19. The van der Waals surface area contributed by atoms with E-state index in [4.69, 9.17) is 15.2 Å². The number of alkyl carbamates (subject to hydrolysis) is 1. The van der Waals surface area contributed by atoms with Crippen LogP contribution in [0, 0.1) is 11.8 Å². The van der Waals surface area contributed by atoms with Crippen LogP contribution in [-0.4, -0.2) is 71.2 Å². The lowest BCUT2D eigenvalue weighted by atomic mass is 9.71. The second kappa shape index (κ2) is 16.8. The molecule has 3 aliphatic rings. The summed E-state index contributed by atoms with van der Waals surface area (Å²) in [5.41, 5.74) is 6.06. The molecular formula is C43H50N4O7. The summed E-state index contributed by atoms with van der Waals surface area (Å²) < 4.78 is 11.0. The summed E-state index contributed by atoms with van der Waals surface area (Å²) in [7, 11) is 0. The smallest absolute Gasteiger partial charge is 0.407 e. The number of amides is 2. The molecular weight excluding hydrogens is 684 g/mol. The summed E-state index contributed by atoms with van der Waals surface area (Å²) >= 11 is 0. The van der Waals surface area contributed by atoms with Crippen LogP contribution < -0.4 is 21.7 Å². The van der Waals surface area contributed by atoms with E-state index in [2.05, 4.69) is 16.0 Å². The van der Waals surface area contributed by atoms with E-state index in [1.807, 2.05) is 105 Å². The number of hydrogen-bond acceptors (Lipinski definition) is 9. The van der Waals surface area contributed by atoms with Gasteiger partial charge in [-0.05, 0) is 41.9 Å². The molecule has 0 bridgehead atoms. The lowest BCUT2D eigenvalue weighted by Gasteiger charge is -2.36. The van der Waals surface area contributed by atoms with Crippen LogP contribution in [0.1, 0.15) is 49.8 Å². The fourth-order valence-corrected chi connectivity index (χ4v) is 7.93. The molecule has 0 radical (unpaired) electrons. The highest BCUT2D eigenvalue weighted by Gasteiger charge is 2.57. The number of nitrogens with one attached hydrogen (secondary N) is 3. The number of carbonyl (C=O) groups is 4. The number of benzene rings is 3. The molecule has 3 aromatic carbocycles. The Bertz CT molecular complexity index is 1860. The van der Waals surface area contributed by atoms with Gasteiger partial charge in [0.25, 0.3) is 0 Å². The minimum absolute atomic E-state index is 0.0329. The molecule has 284 valence electrons. The molecule has 54 heavy (non-hydrogen) atoms. The van der Waals surface area contributed by atoms with Crippen LogP contribution in [-0.2, 0) is 43.1 Å². The first-order valence-electron chi connectivity index (χ1n) is 18.7. The highest BCUT2D eigenvalue weighted by Crippen LogP contribution is 2.42. The Morgan fingerprint density at radius 3 is 2.06 bits per heavy atom. The van der Waals surface area contributed by atoms with Gasteiger partial charge in [-0.3, -0.25) is 14.4 Å². The van der Waals surface area contributed by atoms with Crippen LogP contribution in [0.5, 0.6) is 0 Å². The van der Waals surface area contributed by atoms with Gasteiger partial charge in [0.15, 0.2) is 11.6 Å². The van der Waals surface area contributed by atoms with Gasteiger partial charge in [0, 0.05) is 42.8 Å². The van der Waals surface area contributed by atoms with Crippen molar-refractivity contribution in [1.82, 2.24) is 16.0 Å². The quantitative estimate of drug-likeness (QED) is 0.146. The third-order valence-electron chi connectivity index (χ3n) is 10.6. The topological polar surface area (TPSA) is 169 Å². The number of aliphatic hydroxyl groups excluding tert-OH is 1. The minimum Gasteiger partial charge on any atom is -0.444 e. The van der Waals surface area contributed by atoms with E-state index < -0.39 is 41.1 Å². The van der Waals surface area contributed by atoms with E-state index in [0.717, 1.165) is 16.7 Å². The SMILES string of the molecule is CC(C)C[C@@]1(C2=CN[C@@](Cc3ccccc3)(C[C@H](O)[C@H](Cc3ccccc3)NC(=O)O[C@H]3CCOC3)C2=O)NC=C([C@@H](Cc2ccccc2)C(N)=O)C1=O. The van der Waals surface area contributed by atoms with Crippen molar-refractivity contribution < 1.29 is 33.8 Å². The molecule has 3 aliphatic heterocycles.